The fourth-order valence-corrected chi connectivity index (χ4v) is 0.810. The first-order chi connectivity index (χ1) is 5.72. The molecule has 72 valence electrons. The first kappa shape index (κ1) is 14.9. The van der Waals surface area contributed by atoms with E-state index in [1.807, 2.05) is 0 Å². The number of hydrogen-bond acceptors (Lipinski definition) is 3. The molecule has 1 rings (SSSR count). The maximum Gasteiger partial charge on any atom is -0.870 e. The van der Waals surface area contributed by atoms with Gasteiger partial charge in [0.1, 0.15) is 0 Å². The molecule has 0 bridgehead atoms. The third kappa shape index (κ3) is 4.44. The van der Waals surface area contributed by atoms with Crippen LogP contribution in [-0.4, -0.2) is 24.7 Å². The van der Waals surface area contributed by atoms with Crippen molar-refractivity contribution in [2.75, 3.05) is 5.32 Å². The minimum absolute atomic E-state index is 0. The summed E-state index contributed by atoms with van der Waals surface area (Å²) < 4.78 is 0. The molecule has 4 nitrogen and oxygen atoms in total. The molecule has 0 unspecified atom stereocenters. The van der Waals surface area contributed by atoms with Crippen LogP contribution in [0.15, 0.2) is 36.9 Å². The Bertz CT molecular complexity index is 315. The van der Waals surface area contributed by atoms with Crippen LogP contribution in [0.5, 0.6) is 0 Å². The maximum absolute atomic E-state index is 10.8. The number of benzene rings is 1. The Morgan fingerprint density at radius 2 is 2.07 bits per heavy atom. The zero-order valence-corrected chi connectivity index (χ0v) is 7.47. The Morgan fingerprint density at radius 3 is 2.57 bits per heavy atom. The zero-order valence-electron chi connectivity index (χ0n) is 7.47. The van der Waals surface area contributed by atoms with Crippen molar-refractivity contribution in [2.45, 2.75) is 0 Å². The summed E-state index contributed by atoms with van der Waals surface area (Å²) >= 11 is 0. The molecule has 0 spiro atoms. The van der Waals surface area contributed by atoms with E-state index in [0.717, 1.165) is 0 Å². The molecule has 0 aromatic heterocycles. The predicted molar refractivity (Wildman–Crippen MR) is 54.5 cm³/mol. The number of nitrogens with one attached hydrogen (secondary N) is 1. The van der Waals surface area contributed by atoms with Gasteiger partial charge in [-0.25, -0.2) is 0 Å². The largest absolute Gasteiger partial charge is 0.870 e. The molecule has 1 amide bonds. The topological polar surface area (TPSA) is 89.1 Å². The average molecular weight is 191 g/mol. The summed E-state index contributed by atoms with van der Waals surface area (Å²) in [5.41, 5.74) is 1.30. The molecular weight excluding hydrogens is 181 g/mol. The summed E-state index contributed by atoms with van der Waals surface area (Å²) in [5, 5.41) is 2.60. The van der Waals surface area contributed by atoms with Crippen LogP contribution in [0.3, 0.4) is 0 Å². The van der Waals surface area contributed by atoms with Gasteiger partial charge in [-0.1, -0.05) is 0 Å². The molecule has 3 N–H and O–H groups in total. The van der Waals surface area contributed by atoms with Gasteiger partial charge in [0, 0.05) is 0 Å². The molecule has 0 saturated heterocycles. The summed E-state index contributed by atoms with van der Waals surface area (Å²) in [6.45, 7) is 3.34. The van der Waals surface area contributed by atoms with Gasteiger partial charge in [-0.2, -0.15) is 0 Å². The molecule has 14 heavy (non-hydrogen) atoms. The van der Waals surface area contributed by atoms with Gasteiger partial charge in [0.25, 0.3) is 0 Å². The van der Waals surface area contributed by atoms with Gasteiger partial charge in [-0.3, -0.25) is 0 Å². The van der Waals surface area contributed by atoms with Crippen molar-refractivity contribution in [3.63, 3.8) is 0 Å². The molecule has 0 radical (unpaired) electrons. The first-order valence-electron chi connectivity index (χ1n) is 3.51. The fraction of sp³-hybridized carbons (Fsp3) is 0. The van der Waals surface area contributed by atoms with E-state index in [9.17, 15) is 4.79 Å². The number of carbonyl (C=O) groups is 1. The summed E-state index contributed by atoms with van der Waals surface area (Å²) in [7, 11) is 5.50. The zero-order chi connectivity index (χ0) is 8.97. The number of anilines is 1. The second kappa shape index (κ2) is 6.88. The van der Waals surface area contributed by atoms with Crippen LogP contribution in [0.4, 0.5) is 5.69 Å². The monoisotopic (exact) mass is 191 g/mol. The Balaban J connectivity index is 0. The molecule has 0 fully saturated rings. The Hall–Kier alpha value is -1.59. The number of rotatable bonds is 2. The molecule has 0 aliphatic heterocycles. The van der Waals surface area contributed by atoms with Gasteiger partial charge in [-0.05, 0) is 0 Å². The Morgan fingerprint density at radius 1 is 1.43 bits per heavy atom. The normalized spacial score (nSPS) is 7.86. The molecule has 1 aromatic rings. The minimum Gasteiger partial charge on any atom is -0.870 e. The smallest absolute Gasteiger partial charge is 0.870 e. The van der Waals surface area contributed by atoms with Gasteiger partial charge in [0.15, 0.2) is 0 Å². The van der Waals surface area contributed by atoms with Gasteiger partial charge in [0.05, 0.1) is 0 Å². The molecule has 1 aromatic carbocycles. The van der Waals surface area contributed by atoms with E-state index < -0.39 is 0 Å². The number of hydrogen-bond donors (Lipinski definition) is 1. The van der Waals surface area contributed by atoms with E-state index in [2.05, 4.69) is 11.9 Å². The van der Waals surface area contributed by atoms with E-state index in [0.29, 0.717) is 11.2 Å². The second-order valence-electron chi connectivity index (χ2n) is 2.32. The van der Waals surface area contributed by atoms with Gasteiger partial charge in [-0.15, -0.1) is 0 Å². The third-order valence-corrected chi connectivity index (χ3v) is 1.34. The SMILES string of the molecule is [B+2]c1cccc(NC(=O)C=C)c1.[OH-].[OH-]. The number of carbonyl (C=O) groups excluding carboxylic acids is 1. The van der Waals surface area contributed by atoms with Crippen LogP contribution in [0, 0.1) is 0 Å². The van der Waals surface area contributed by atoms with E-state index in [1.165, 1.54) is 6.08 Å². The summed E-state index contributed by atoms with van der Waals surface area (Å²) in [6.07, 6.45) is 1.21. The van der Waals surface area contributed by atoms with Crippen LogP contribution >= 0.6 is 0 Å². The summed E-state index contributed by atoms with van der Waals surface area (Å²) in [6, 6.07) is 6.97. The molecular formula is C9H10BNO3. The number of amides is 1. The molecule has 0 aliphatic rings. The Labute approximate surface area is 83.7 Å². The molecule has 0 heterocycles. The second-order valence-corrected chi connectivity index (χ2v) is 2.32. The quantitative estimate of drug-likeness (QED) is 0.536. The van der Waals surface area contributed by atoms with E-state index in [1.54, 1.807) is 24.3 Å². The van der Waals surface area contributed by atoms with Crippen LogP contribution in [0.1, 0.15) is 0 Å². The Kier molecular flexibility index (Phi) is 7.33. The van der Waals surface area contributed by atoms with Gasteiger partial charge < -0.3 is 11.0 Å². The molecule has 0 saturated carbocycles. The van der Waals surface area contributed by atoms with Crippen LogP contribution in [0.25, 0.3) is 0 Å². The van der Waals surface area contributed by atoms with Crippen molar-refractivity contribution in [1.29, 1.82) is 0 Å². The molecule has 0 aliphatic carbocycles. The average Bonchev–Trinajstić information content (AvgIpc) is 2.04. The standard InChI is InChI=1S/C9H8BNO.2H2O/c1-2-9(12)11-8-5-3-4-7(10)6-8;;/h2-6H,1H2,(H,11,12);2*1H2/q+2;;/p-2. The van der Waals surface area contributed by atoms with Crippen LogP contribution in [0.2, 0.25) is 0 Å². The minimum atomic E-state index is -0.236. The third-order valence-electron chi connectivity index (χ3n) is 1.34. The fourth-order valence-electron chi connectivity index (χ4n) is 0.810. The van der Waals surface area contributed by atoms with Crippen molar-refractivity contribution in [3.05, 3.63) is 36.9 Å². The maximum atomic E-state index is 10.8. The van der Waals surface area contributed by atoms with Crippen molar-refractivity contribution in [1.82, 2.24) is 0 Å². The van der Waals surface area contributed by atoms with Crippen LogP contribution in [-0.2, 0) is 4.79 Å². The summed E-state index contributed by atoms with van der Waals surface area (Å²) in [5.74, 6) is -0.236. The molecule has 5 heteroatoms. The van der Waals surface area contributed by atoms with Crippen molar-refractivity contribution in [2.24, 2.45) is 0 Å². The van der Waals surface area contributed by atoms with Crippen molar-refractivity contribution in [3.8, 4) is 0 Å². The first-order valence-corrected chi connectivity index (χ1v) is 3.51. The van der Waals surface area contributed by atoms with Gasteiger partial charge in [0.2, 0.25) is 0 Å². The van der Waals surface area contributed by atoms with E-state index in [4.69, 9.17) is 7.85 Å². The van der Waals surface area contributed by atoms with Crippen LogP contribution < -0.4 is 10.8 Å². The molecule has 0 atom stereocenters. The van der Waals surface area contributed by atoms with Gasteiger partial charge >= 0.3 is 71.9 Å². The van der Waals surface area contributed by atoms with E-state index >= 15 is 0 Å². The van der Waals surface area contributed by atoms with Crippen molar-refractivity contribution < 1.29 is 15.7 Å². The predicted octanol–water partition coefficient (Wildman–Crippen LogP) is 0.251. The van der Waals surface area contributed by atoms with Crippen molar-refractivity contribution >= 4 is 24.9 Å². The summed E-state index contributed by atoms with van der Waals surface area (Å²) in [4.78, 5) is 10.8. The van der Waals surface area contributed by atoms with E-state index in [-0.39, 0.29) is 16.9 Å².